The van der Waals surface area contributed by atoms with Crippen molar-refractivity contribution >= 4 is 43.0 Å². The Hall–Kier alpha value is 0.924. The van der Waals surface area contributed by atoms with Gasteiger partial charge in [0.1, 0.15) is 0 Å². The fourth-order valence-electron chi connectivity index (χ4n) is 3.98. The molecule has 0 fully saturated rings. The quantitative estimate of drug-likeness (QED) is 0.195. The summed E-state index contributed by atoms with van der Waals surface area (Å²) in [6.07, 6.45) is 7.29. The summed E-state index contributed by atoms with van der Waals surface area (Å²) in [5, 5.41) is 0. The van der Waals surface area contributed by atoms with Crippen molar-refractivity contribution in [2.75, 3.05) is 0 Å². The highest BCUT2D eigenvalue weighted by Crippen LogP contribution is 2.28. The lowest BCUT2D eigenvalue weighted by atomic mass is 10.4. The maximum Gasteiger partial charge on any atom is 0.317 e. The molecule has 0 bridgehead atoms. The number of hydrogen-bond acceptors (Lipinski definition) is 4. The lowest BCUT2D eigenvalue weighted by Crippen LogP contribution is -2.56. The van der Waals surface area contributed by atoms with Gasteiger partial charge in [0.05, 0.1) is 0 Å². The zero-order valence-electron chi connectivity index (χ0n) is 21.6. The van der Waals surface area contributed by atoms with Crippen LogP contribution in [0.25, 0.3) is 0 Å². The van der Waals surface area contributed by atoms with E-state index in [1.165, 1.54) is 44.2 Å². The highest BCUT2D eigenvalue weighted by molar-refractivity contribution is 6.88. The van der Waals surface area contributed by atoms with Gasteiger partial charge < -0.3 is 16.5 Å². The Morgan fingerprint density at radius 2 is 1.03 bits per heavy atom. The third kappa shape index (κ3) is 14.6. The highest BCUT2D eigenvalue weighted by Gasteiger charge is 2.44. The first kappa shape index (κ1) is 29.9. The fraction of sp³-hybridized carbons (Fsp3) is 1.00. The Labute approximate surface area is 189 Å². The Morgan fingerprint density at radius 1 is 0.586 bits per heavy atom. The molecule has 0 rings (SSSR count). The van der Waals surface area contributed by atoms with Crippen LogP contribution in [0.2, 0.25) is 70.5 Å². The predicted octanol–water partition coefficient (Wildman–Crippen LogP) is 7.49. The normalized spacial score (nSPS) is 16.7. The van der Waals surface area contributed by atoms with Crippen LogP contribution in [0.15, 0.2) is 0 Å². The van der Waals surface area contributed by atoms with Gasteiger partial charge in [-0.15, -0.1) is 0 Å². The Morgan fingerprint density at radius 3 is 1.52 bits per heavy atom. The van der Waals surface area contributed by atoms with E-state index in [1.807, 2.05) is 0 Å². The first-order valence-corrected chi connectivity index (χ1v) is 25.6. The van der Waals surface area contributed by atoms with Crippen LogP contribution in [0.3, 0.4) is 0 Å². The molecule has 9 heteroatoms. The van der Waals surface area contributed by atoms with Crippen molar-refractivity contribution in [1.82, 2.24) is 0 Å². The maximum atomic E-state index is 6.85. The minimum absolute atomic E-state index is 1.04. The molecule has 0 spiro atoms. The van der Waals surface area contributed by atoms with E-state index in [-0.39, 0.29) is 0 Å². The minimum Gasteiger partial charge on any atom is -0.439 e. The summed E-state index contributed by atoms with van der Waals surface area (Å²) in [5.74, 6) is 0. The van der Waals surface area contributed by atoms with Gasteiger partial charge in [-0.05, 0) is 70.5 Å². The molecular weight excluding hydrogens is 445 g/mol. The molecule has 0 aliphatic carbocycles. The van der Waals surface area contributed by atoms with E-state index in [1.54, 1.807) is 0 Å². The molecule has 2 unspecified atom stereocenters. The summed E-state index contributed by atoms with van der Waals surface area (Å²) in [6, 6.07) is 3.47. The van der Waals surface area contributed by atoms with Gasteiger partial charge in [0, 0.05) is 0 Å². The zero-order valence-corrected chi connectivity index (χ0v) is 26.7. The average molecular weight is 497 g/mol. The lowest BCUT2D eigenvalue weighted by Gasteiger charge is -2.41. The summed E-state index contributed by atoms with van der Waals surface area (Å²) in [4.78, 5) is 0. The molecule has 29 heavy (non-hydrogen) atoms. The second kappa shape index (κ2) is 13.5. The topological polar surface area (TPSA) is 36.9 Å². The van der Waals surface area contributed by atoms with Crippen LogP contribution in [0.4, 0.5) is 0 Å². The van der Waals surface area contributed by atoms with E-state index >= 15 is 0 Å². The standard InChI is InChI=1S/C20H52O4Si5/c1-12-15-18-26(5,6)21-25(4)22-29(11,20-17-14-3)24-28(9,10)23-27(7,8)19-16-13-2/h25H,12-20H2,1-11H3. The van der Waals surface area contributed by atoms with Gasteiger partial charge in [0.25, 0.3) is 9.28 Å². The molecule has 0 heterocycles. The smallest absolute Gasteiger partial charge is 0.317 e. The summed E-state index contributed by atoms with van der Waals surface area (Å²) >= 11 is 0. The maximum absolute atomic E-state index is 6.85. The van der Waals surface area contributed by atoms with Crippen molar-refractivity contribution in [1.29, 1.82) is 0 Å². The fourth-order valence-corrected chi connectivity index (χ4v) is 26.8. The molecular formula is C20H52O4Si5. The first-order chi connectivity index (χ1) is 13.2. The molecule has 0 aliphatic rings. The van der Waals surface area contributed by atoms with Crippen LogP contribution in [-0.4, -0.2) is 43.0 Å². The predicted molar refractivity (Wildman–Crippen MR) is 141 cm³/mol. The molecule has 2 atom stereocenters. The number of hydrogen-bond donors (Lipinski definition) is 0. The van der Waals surface area contributed by atoms with E-state index in [2.05, 4.69) is 73.1 Å². The summed E-state index contributed by atoms with van der Waals surface area (Å²) in [6.45, 7) is 25.0. The van der Waals surface area contributed by atoms with Gasteiger partial charge >= 0.3 is 17.1 Å². The monoisotopic (exact) mass is 496 g/mol. The van der Waals surface area contributed by atoms with Crippen LogP contribution in [0, 0.1) is 0 Å². The number of unbranched alkanes of at least 4 members (excludes halogenated alkanes) is 3. The molecule has 0 radical (unpaired) electrons. The highest BCUT2D eigenvalue weighted by atomic mass is 28.5. The van der Waals surface area contributed by atoms with E-state index in [9.17, 15) is 0 Å². The molecule has 0 saturated heterocycles. The Kier molecular flexibility index (Phi) is 13.9. The van der Waals surface area contributed by atoms with E-state index in [0.29, 0.717) is 0 Å². The van der Waals surface area contributed by atoms with Crippen molar-refractivity contribution in [2.24, 2.45) is 0 Å². The van der Waals surface area contributed by atoms with Gasteiger partial charge in [-0.25, -0.2) is 0 Å². The third-order valence-electron chi connectivity index (χ3n) is 5.13. The summed E-state index contributed by atoms with van der Waals surface area (Å²) in [5.41, 5.74) is 0. The third-order valence-corrected chi connectivity index (χ3v) is 24.6. The van der Waals surface area contributed by atoms with Gasteiger partial charge in [0.15, 0.2) is 16.6 Å². The summed E-state index contributed by atoms with van der Waals surface area (Å²) < 4.78 is 26.9. The van der Waals surface area contributed by atoms with Gasteiger partial charge in [-0.1, -0.05) is 59.3 Å². The van der Waals surface area contributed by atoms with Crippen molar-refractivity contribution in [2.45, 2.75) is 130 Å². The molecule has 0 aromatic carbocycles. The van der Waals surface area contributed by atoms with Crippen molar-refractivity contribution in [3.63, 3.8) is 0 Å². The van der Waals surface area contributed by atoms with Crippen LogP contribution < -0.4 is 0 Å². The zero-order chi connectivity index (χ0) is 22.8. The SMILES string of the molecule is CCCC[Si](C)(C)O[SiH](C)O[Si](C)(CCCC)O[Si](C)(C)O[Si](C)(C)CCCC. The van der Waals surface area contributed by atoms with Crippen LogP contribution in [0.1, 0.15) is 59.3 Å². The number of rotatable bonds is 17. The Bertz CT molecular complexity index is 449. The van der Waals surface area contributed by atoms with Gasteiger partial charge in [-0.2, -0.15) is 0 Å². The van der Waals surface area contributed by atoms with Crippen LogP contribution >= 0.6 is 0 Å². The molecule has 176 valence electrons. The molecule has 0 amide bonds. The van der Waals surface area contributed by atoms with Crippen LogP contribution in [0.5, 0.6) is 0 Å². The van der Waals surface area contributed by atoms with E-state index in [0.717, 1.165) is 12.5 Å². The van der Waals surface area contributed by atoms with E-state index < -0.39 is 43.0 Å². The summed E-state index contributed by atoms with van der Waals surface area (Å²) in [7, 11) is -9.61. The lowest BCUT2D eigenvalue weighted by molar-refractivity contribution is 0.302. The molecule has 0 aromatic heterocycles. The molecule has 0 aromatic rings. The van der Waals surface area contributed by atoms with Crippen molar-refractivity contribution in [3.05, 3.63) is 0 Å². The van der Waals surface area contributed by atoms with Crippen LogP contribution in [-0.2, 0) is 16.5 Å². The second-order valence-electron chi connectivity index (χ2n) is 10.4. The van der Waals surface area contributed by atoms with Crippen molar-refractivity contribution in [3.8, 4) is 0 Å². The first-order valence-electron chi connectivity index (χ1n) is 12.0. The van der Waals surface area contributed by atoms with Gasteiger partial charge in [-0.3, -0.25) is 0 Å². The van der Waals surface area contributed by atoms with Crippen molar-refractivity contribution < 1.29 is 16.5 Å². The molecule has 0 saturated carbocycles. The molecule has 0 N–H and O–H groups in total. The van der Waals surface area contributed by atoms with E-state index in [4.69, 9.17) is 16.5 Å². The minimum atomic E-state index is -2.31. The van der Waals surface area contributed by atoms with Gasteiger partial charge in [0.2, 0.25) is 0 Å². The Balaban J connectivity index is 5.14. The molecule has 4 nitrogen and oxygen atoms in total. The second-order valence-corrected chi connectivity index (χ2v) is 28.6. The molecule has 0 aliphatic heterocycles. The average Bonchev–Trinajstić information content (AvgIpc) is 2.54. The largest absolute Gasteiger partial charge is 0.439 e.